The molecule has 0 bridgehead atoms. The zero-order chi connectivity index (χ0) is 17.1. The number of hydrogen-bond donors (Lipinski definition) is 0. The molecule has 2 aromatic heterocycles. The van der Waals surface area contributed by atoms with Crippen molar-refractivity contribution in [1.82, 2.24) is 14.8 Å². The Hall–Kier alpha value is -2.08. The van der Waals surface area contributed by atoms with E-state index in [1.54, 1.807) is 6.26 Å². The number of oxazole rings is 1. The molecule has 6 heteroatoms. The minimum absolute atomic E-state index is 0.0920. The van der Waals surface area contributed by atoms with Crippen molar-refractivity contribution in [3.8, 4) is 0 Å². The summed E-state index contributed by atoms with van der Waals surface area (Å²) in [6.45, 7) is 6.24. The SMILES string of the molecule is CCc1nc(C)c(C(=O)N(Cc2ccco2)C2CCN(C)CC2)o1. The van der Waals surface area contributed by atoms with E-state index in [1.165, 1.54) is 0 Å². The van der Waals surface area contributed by atoms with E-state index in [-0.39, 0.29) is 11.9 Å². The van der Waals surface area contributed by atoms with Gasteiger partial charge in [-0.05, 0) is 52.0 Å². The third-order valence-corrected chi connectivity index (χ3v) is 4.63. The number of nitrogens with zero attached hydrogens (tertiary/aromatic N) is 3. The number of likely N-dealkylation sites (tertiary alicyclic amines) is 1. The van der Waals surface area contributed by atoms with Gasteiger partial charge in [0, 0.05) is 12.5 Å². The maximum atomic E-state index is 13.1. The van der Waals surface area contributed by atoms with E-state index in [1.807, 2.05) is 30.9 Å². The fourth-order valence-electron chi connectivity index (χ4n) is 3.18. The molecule has 1 fully saturated rings. The summed E-state index contributed by atoms with van der Waals surface area (Å²) in [4.78, 5) is 21.7. The van der Waals surface area contributed by atoms with Crippen LogP contribution in [0.4, 0.5) is 0 Å². The summed E-state index contributed by atoms with van der Waals surface area (Å²) >= 11 is 0. The van der Waals surface area contributed by atoms with Crippen LogP contribution >= 0.6 is 0 Å². The number of carbonyl (C=O) groups is 1. The summed E-state index contributed by atoms with van der Waals surface area (Å²) in [5.74, 6) is 1.66. The Labute approximate surface area is 142 Å². The van der Waals surface area contributed by atoms with Gasteiger partial charge in [-0.15, -0.1) is 0 Å². The number of furan rings is 1. The first-order valence-corrected chi connectivity index (χ1v) is 8.56. The third-order valence-electron chi connectivity index (χ3n) is 4.63. The molecule has 0 N–H and O–H groups in total. The van der Waals surface area contributed by atoms with Crippen LogP contribution in [-0.4, -0.2) is 46.9 Å². The molecule has 2 aromatic rings. The van der Waals surface area contributed by atoms with Gasteiger partial charge in [0.1, 0.15) is 5.76 Å². The van der Waals surface area contributed by atoms with Crippen LogP contribution in [0, 0.1) is 6.92 Å². The van der Waals surface area contributed by atoms with Crippen molar-refractivity contribution in [3.05, 3.63) is 41.5 Å². The number of carbonyl (C=O) groups excluding carboxylic acids is 1. The monoisotopic (exact) mass is 331 g/mol. The molecule has 6 nitrogen and oxygen atoms in total. The number of amides is 1. The van der Waals surface area contributed by atoms with Gasteiger partial charge in [0.05, 0.1) is 18.5 Å². The molecule has 130 valence electrons. The molecule has 3 heterocycles. The first kappa shape index (κ1) is 16.8. The van der Waals surface area contributed by atoms with Crippen LogP contribution in [0.25, 0.3) is 0 Å². The summed E-state index contributed by atoms with van der Waals surface area (Å²) in [6.07, 6.45) is 4.23. The Morgan fingerprint density at radius 1 is 1.42 bits per heavy atom. The Kier molecular flexibility index (Phi) is 5.04. The molecule has 1 aliphatic rings. The topological polar surface area (TPSA) is 62.7 Å². The van der Waals surface area contributed by atoms with E-state index in [0.717, 1.165) is 31.7 Å². The van der Waals surface area contributed by atoms with Crippen molar-refractivity contribution >= 4 is 5.91 Å². The highest BCUT2D eigenvalue weighted by atomic mass is 16.4. The maximum Gasteiger partial charge on any atom is 0.292 e. The standard InChI is InChI=1S/C18H25N3O3/c1-4-16-19-13(2)17(24-16)18(22)21(12-15-6-5-11-23-15)14-7-9-20(3)10-8-14/h5-6,11,14H,4,7-10,12H2,1-3H3. The predicted molar refractivity (Wildman–Crippen MR) is 89.7 cm³/mol. The minimum atomic E-state index is -0.0920. The van der Waals surface area contributed by atoms with Gasteiger partial charge >= 0.3 is 0 Å². The highest BCUT2D eigenvalue weighted by Gasteiger charge is 2.31. The van der Waals surface area contributed by atoms with Crippen molar-refractivity contribution in [2.45, 2.75) is 45.7 Å². The Bertz CT molecular complexity index is 670. The van der Waals surface area contributed by atoms with Crippen LogP contribution in [0.15, 0.2) is 27.2 Å². The molecule has 1 saturated heterocycles. The van der Waals surface area contributed by atoms with E-state index in [4.69, 9.17) is 8.83 Å². The van der Waals surface area contributed by atoms with E-state index in [9.17, 15) is 4.79 Å². The van der Waals surface area contributed by atoms with E-state index >= 15 is 0 Å². The van der Waals surface area contributed by atoms with Crippen LogP contribution in [0.5, 0.6) is 0 Å². The Morgan fingerprint density at radius 2 is 2.17 bits per heavy atom. The second kappa shape index (κ2) is 7.21. The Balaban J connectivity index is 1.85. The van der Waals surface area contributed by atoms with Gasteiger partial charge < -0.3 is 18.6 Å². The summed E-state index contributed by atoms with van der Waals surface area (Å²) < 4.78 is 11.2. The second-order valence-corrected chi connectivity index (χ2v) is 6.42. The van der Waals surface area contributed by atoms with Crippen molar-refractivity contribution in [2.75, 3.05) is 20.1 Å². The average Bonchev–Trinajstić information content (AvgIpc) is 3.22. The number of aromatic nitrogens is 1. The van der Waals surface area contributed by atoms with Gasteiger partial charge in [-0.3, -0.25) is 4.79 Å². The average molecular weight is 331 g/mol. The summed E-state index contributed by atoms with van der Waals surface area (Å²) in [7, 11) is 2.11. The quantitative estimate of drug-likeness (QED) is 0.843. The van der Waals surface area contributed by atoms with Crippen molar-refractivity contribution < 1.29 is 13.6 Å². The van der Waals surface area contributed by atoms with Crippen molar-refractivity contribution in [3.63, 3.8) is 0 Å². The maximum absolute atomic E-state index is 13.1. The summed E-state index contributed by atoms with van der Waals surface area (Å²) in [5.41, 5.74) is 0.661. The zero-order valence-electron chi connectivity index (χ0n) is 14.6. The largest absolute Gasteiger partial charge is 0.467 e. The van der Waals surface area contributed by atoms with E-state index in [0.29, 0.717) is 30.3 Å². The molecule has 24 heavy (non-hydrogen) atoms. The predicted octanol–water partition coefficient (Wildman–Crippen LogP) is 2.88. The molecule has 3 rings (SSSR count). The normalized spacial score (nSPS) is 16.5. The zero-order valence-corrected chi connectivity index (χ0v) is 14.6. The van der Waals surface area contributed by atoms with Crippen LogP contribution in [0.3, 0.4) is 0 Å². The lowest BCUT2D eigenvalue weighted by Crippen LogP contribution is -2.46. The lowest BCUT2D eigenvalue weighted by molar-refractivity contribution is 0.0517. The van der Waals surface area contributed by atoms with Gasteiger partial charge in [-0.2, -0.15) is 0 Å². The van der Waals surface area contributed by atoms with Gasteiger partial charge in [0.15, 0.2) is 5.89 Å². The summed E-state index contributed by atoms with van der Waals surface area (Å²) in [6, 6.07) is 3.94. The van der Waals surface area contributed by atoms with Gasteiger partial charge in [-0.25, -0.2) is 4.98 Å². The molecule has 0 atom stereocenters. The molecule has 0 saturated carbocycles. The fourth-order valence-corrected chi connectivity index (χ4v) is 3.18. The molecule has 1 aliphatic heterocycles. The highest BCUT2D eigenvalue weighted by Crippen LogP contribution is 2.23. The molecule has 0 unspecified atom stereocenters. The minimum Gasteiger partial charge on any atom is -0.467 e. The van der Waals surface area contributed by atoms with Gasteiger partial charge in [0.2, 0.25) is 5.76 Å². The van der Waals surface area contributed by atoms with Crippen LogP contribution < -0.4 is 0 Å². The summed E-state index contributed by atoms with van der Waals surface area (Å²) in [5, 5.41) is 0. The van der Waals surface area contributed by atoms with E-state index in [2.05, 4.69) is 16.9 Å². The second-order valence-electron chi connectivity index (χ2n) is 6.42. The Morgan fingerprint density at radius 3 is 2.75 bits per heavy atom. The van der Waals surface area contributed by atoms with E-state index < -0.39 is 0 Å². The molecule has 0 spiro atoms. The highest BCUT2D eigenvalue weighted by molar-refractivity contribution is 5.92. The van der Waals surface area contributed by atoms with Gasteiger partial charge in [0.25, 0.3) is 5.91 Å². The van der Waals surface area contributed by atoms with Gasteiger partial charge in [-0.1, -0.05) is 6.92 Å². The molecular weight excluding hydrogens is 306 g/mol. The number of rotatable bonds is 5. The molecule has 0 radical (unpaired) electrons. The van der Waals surface area contributed by atoms with Crippen LogP contribution in [-0.2, 0) is 13.0 Å². The molecular formula is C18H25N3O3. The third kappa shape index (κ3) is 3.53. The molecule has 0 aromatic carbocycles. The first-order chi connectivity index (χ1) is 11.6. The number of aryl methyl sites for hydroxylation is 2. The fraction of sp³-hybridized carbons (Fsp3) is 0.556. The lowest BCUT2D eigenvalue weighted by Gasteiger charge is -2.36. The smallest absolute Gasteiger partial charge is 0.292 e. The van der Waals surface area contributed by atoms with Crippen molar-refractivity contribution in [2.24, 2.45) is 0 Å². The molecule has 0 aliphatic carbocycles. The number of hydrogen-bond acceptors (Lipinski definition) is 5. The van der Waals surface area contributed by atoms with Crippen LogP contribution in [0.1, 0.15) is 47.7 Å². The first-order valence-electron chi connectivity index (χ1n) is 8.56. The van der Waals surface area contributed by atoms with Crippen LogP contribution in [0.2, 0.25) is 0 Å². The number of piperidine rings is 1. The lowest BCUT2D eigenvalue weighted by atomic mass is 10.0. The molecule has 1 amide bonds. The van der Waals surface area contributed by atoms with Crippen molar-refractivity contribution in [1.29, 1.82) is 0 Å².